The molecular formula is C13H18BrFO. The Bertz CT molecular complexity index is 357. The SMILES string of the molecule is CC(C)(C)C(CO)Cc1cc(F)ccc1Br. The number of hydrogen-bond donors (Lipinski definition) is 1. The predicted octanol–water partition coefficient (Wildman–Crippen LogP) is 3.79. The summed E-state index contributed by atoms with van der Waals surface area (Å²) in [5, 5.41) is 9.37. The van der Waals surface area contributed by atoms with E-state index in [1.165, 1.54) is 12.1 Å². The van der Waals surface area contributed by atoms with Gasteiger partial charge in [0.15, 0.2) is 0 Å². The summed E-state index contributed by atoms with van der Waals surface area (Å²) >= 11 is 3.41. The van der Waals surface area contributed by atoms with Gasteiger partial charge in [0.25, 0.3) is 0 Å². The summed E-state index contributed by atoms with van der Waals surface area (Å²) < 4.78 is 14.0. The van der Waals surface area contributed by atoms with Gasteiger partial charge >= 0.3 is 0 Å². The highest BCUT2D eigenvalue weighted by Crippen LogP contribution is 2.31. The van der Waals surface area contributed by atoms with Gasteiger partial charge in [-0.2, -0.15) is 0 Å². The van der Waals surface area contributed by atoms with E-state index in [-0.39, 0.29) is 23.8 Å². The van der Waals surface area contributed by atoms with Crippen molar-refractivity contribution in [2.45, 2.75) is 27.2 Å². The van der Waals surface area contributed by atoms with Crippen LogP contribution in [-0.4, -0.2) is 11.7 Å². The first-order valence-corrected chi connectivity index (χ1v) is 6.18. The highest BCUT2D eigenvalue weighted by molar-refractivity contribution is 9.10. The van der Waals surface area contributed by atoms with Gasteiger partial charge in [-0.3, -0.25) is 0 Å². The van der Waals surface area contributed by atoms with Gasteiger partial charge < -0.3 is 5.11 Å². The normalized spacial score (nSPS) is 13.9. The van der Waals surface area contributed by atoms with Crippen molar-refractivity contribution in [3.05, 3.63) is 34.1 Å². The van der Waals surface area contributed by atoms with Gasteiger partial charge in [-0.05, 0) is 41.5 Å². The molecule has 1 N–H and O–H groups in total. The molecule has 1 rings (SSSR count). The molecule has 0 aromatic heterocycles. The van der Waals surface area contributed by atoms with E-state index in [0.29, 0.717) is 6.42 Å². The van der Waals surface area contributed by atoms with Crippen LogP contribution in [0.2, 0.25) is 0 Å². The summed E-state index contributed by atoms with van der Waals surface area (Å²) in [4.78, 5) is 0. The monoisotopic (exact) mass is 288 g/mol. The minimum atomic E-state index is -0.233. The van der Waals surface area contributed by atoms with Crippen molar-refractivity contribution in [2.75, 3.05) is 6.61 Å². The molecule has 90 valence electrons. The second-order valence-corrected chi connectivity index (χ2v) is 6.04. The zero-order chi connectivity index (χ0) is 12.3. The number of aliphatic hydroxyl groups excluding tert-OH is 1. The van der Waals surface area contributed by atoms with E-state index in [1.807, 2.05) is 0 Å². The van der Waals surface area contributed by atoms with Crippen LogP contribution in [-0.2, 0) is 6.42 Å². The second kappa shape index (κ2) is 5.28. The molecule has 0 heterocycles. The smallest absolute Gasteiger partial charge is 0.123 e. The quantitative estimate of drug-likeness (QED) is 0.897. The first-order valence-electron chi connectivity index (χ1n) is 5.39. The number of aliphatic hydroxyl groups is 1. The van der Waals surface area contributed by atoms with Gasteiger partial charge in [-0.15, -0.1) is 0 Å². The maximum Gasteiger partial charge on any atom is 0.123 e. The summed E-state index contributed by atoms with van der Waals surface area (Å²) in [5.41, 5.74) is 0.925. The molecule has 0 saturated carbocycles. The minimum Gasteiger partial charge on any atom is -0.396 e. The Labute approximate surface area is 105 Å². The maximum absolute atomic E-state index is 13.1. The summed E-state index contributed by atoms with van der Waals surface area (Å²) in [7, 11) is 0. The lowest BCUT2D eigenvalue weighted by Crippen LogP contribution is -2.26. The third kappa shape index (κ3) is 3.56. The molecule has 0 aliphatic rings. The molecule has 0 radical (unpaired) electrons. The van der Waals surface area contributed by atoms with Crippen LogP contribution in [0.5, 0.6) is 0 Å². The maximum atomic E-state index is 13.1. The molecule has 0 aliphatic heterocycles. The predicted molar refractivity (Wildman–Crippen MR) is 67.8 cm³/mol. The molecule has 0 amide bonds. The number of halogens is 2. The first-order chi connectivity index (χ1) is 7.34. The van der Waals surface area contributed by atoms with Crippen molar-refractivity contribution in [3.8, 4) is 0 Å². The zero-order valence-corrected chi connectivity index (χ0v) is 11.5. The fourth-order valence-electron chi connectivity index (χ4n) is 1.61. The largest absolute Gasteiger partial charge is 0.396 e. The average Bonchev–Trinajstić information content (AvgIpc) is 2.17. The number of hydrogen-bond acceptors (Lipinski definition) is 1. The topological polar surface area (TPSA) is 20.2 Å². The molecule has 0 saturated heterocycles. The van der Waals surface area contributed by atoms with E-state index < -0.39 is 0 Å². The standard InChI is InChI=1S/C13H18BrFO/c1-13(2,3)10(8-16)6-9-7-11(15)4-5-12(9)14/h4-5,7,10,16H,6,8H2,1-3H3. The Morgan fingerprint density at radius 1 is 1.38 bits per heavy atom. The Hall–Kier alpha value is -0.410. The first kappa shape index (κ1) is 13.7. The van der Waals surface area contributed by atoms with E-state index in [0.717, 1.165) is 10.0 Å². The van der Waals surface area contributed by atoms with Crippen molar-refractivity contribution in [1.29, 1.82) is 0 Å². The van der Waals surface area contributed by atoms with Crippen LogP contribution < -0.4 is 0 Å². The van der Waals surface area contributed by atoms with E-state index in [2.05, 4.69) is 36.7 Å². The molecule has 0 bridgehead atoms. The number of benzene rings is 1. The van der Waals surface area contributed by atoms with E-state index >= 15 is 0 Å². The van der Waals surface area contributed by atoms with Crippen molar-refractivity contribution in [3.63, 3.8) is 0 Å². The van der Waals surface area contributed by atoms with E-state index in [1.54, 1.807) is 6.07 Å². The van der Waals surface area contributed by atoms with Crippen LogP contribution >= 0.6 is 15.9 Å². The molecule has 1 atom stereocenters. The minimum absolute atomic E-state index is 0.0144. The highest BCUT2D eigenvalue weighted by Gasteiger charge is 2.24. The summed E-state index contributed by atoms with van der Waals surface area (Å²) in [6.07, 6.45) is 0.679. The lowest BCUT2D eigenvalue weighted by molar-refractivity contribution is 0.131. The van der Waals surface area contributed by atoms with Gasteiger partial charge in [0.2, 0.25) is 0 Å². The molecule has 1 nitrogen and oxygen atoms in total. The Morgan fingerprint density at radius 2 is 2.00 bits per heavy atom. The lowest BCUT2D eigenvalue weighted by Gasteiger charge is -2.29. The number of rotatable bonds is 3. The van der Waals surface area contributed by atoms with Crippen LogP contribution in [0.3, 0.4) is 0 Å². The van der Waals surface area contributed by atoms with Crippen molar-refractivity contribution in [1.82, 2.24) is 0 Å². The van der Waals surface area contributed by atoms with E-state index in [9.17, 15) is 9.50 Å². The van der Waals surface area contributed by atoms with Crippen LogP contribution in [0.15, 0.2) is 22.7 Å². The van der Waals surface area contributed by atoms with Crippen LogP contribution in [0, 0.1) is 17.2 Å². The molecule has 0 spiro atoms. The molecule has 0 aliphatic carbocycles. The van der Waals surface area contributed by atoms with Crippen LogP contribution in [0.1, 0.15) is 26.3 Å². The van der Waals surface area contributed by atoms with Gasteiger partial charge in [0.1, 0.15) is 5.82 Å². The van der Waals surface area contributed by atoms with Crippen molar-refractivity contribution in [2.24, 2.45) is 11.3 Å². The zero-order valence-electron chi connectivity index (χ0n) is 9.93. The molecule has 1 aromatic carbocycles. The molecular weight excluding hydrogens is 271 g/mol. The third-order valence-electron chi connectivity index (χ3n) is 2.92. The van der Waals surface area contributed by atoms with Crippen molar-refractivity contribution < 1.29 is 9.50 Å². The van der Waals surface area contributed by atoms with Gasteiger partial charge in [0.05, 0.1) is 0 Å². The Balaban J connectivity index is 2.90. The molecule has 3 heteroatoms. The highest BCUT2D eigenvalue weighted by atomic mass is 79.9. The summed E-state index contributed by atoms with van der Waals surface area (Å²) in [6, 6.07) is 4.67. The van der Waals surface area contributed by atoms with Gasteiger partial charge in [-0.25, -0.2) is 4.39 Å². The molecule has 16 heavy (non-hydrogen) atoms. The van der Waals surface area contributed by atoms with E-state index in [4.69, 9.17) is 0 Å². The van der Waals surface area contributed by atoms with Gasteiger partial charge in [-0.1, -0.05) is 36.7 Å². The third-order valence-corrected chi connectivity index (χ3v) is 3.69. The van der Waals surface area contributed by atoms with Gasteiger partial charge in [0, 0.05) is 11.1 Å². The summed E-state index contributed by atoms with van der Waals surface area (Å²) in [5.74, 6) is -0.102. The molecule has 1 unspecified atom stereocenters. The van der Waals surface area contributed by atoms with Crippen molar-refractivity contribution >= 4 is 15.9 Å². The molecule has 0 fully saturated rings. The fraction of sp³-hybridized carbons (Fsp3) is 0.538. The van der Waals surface area contributed by atoms with Crippen LogP contribution in [0.4, 0.5) is 4.39 Å². The Kier molecular flexibility index (Phi) is 4.51. The fourth-order valence-corrected chi connectivity index (χ4v) is 2.02. The average molecular weight is 289 g/mol. The lowest BCUT2D eigenvalue weighted by atomic mass is 9.78. The van der Waals surface area contributed by atoms with Crippen LogP contribution in [0.25, 0.3) is 0 Å². The molecule has 1 aromatic rings. The second-order valence-electron chi connectivity index (χ2n) is 5.19. The Morgan fingerprint density at radius 3 is 2.50 bits per heavy atom. The summed E-state index contributed by atoms with van der Waals surface area (Å²) in [6.45, 7) is 6.37.